The van der Waals surface area contributed by atoms with Gasteiger partial charge in [0, 0.05) is 6.04 Å². The zero-order valence-corrected chi connectivity index (χ0v) is 9.13. The largest absolute Gasteiger partial charge is 0.363 e. The van der Waals surface area contributed by atoms with Gasteiger partial charge in [0.2, 0.25) is 0 Å². The Morgan fingerprint density at radius 3 is 2.00 bits per heavy atom. The van der Waals surface area contributed by atoms with Crippen LogP contribution in [0.25, 0.3) is 0 Å². The Morgan fingerprint density at radius 2 is 1.67 bits per heavy atom. The lowest BCUT2D eigenvalue weighted by molar-refractivity contribution is -0.0140. The van der Waals surface area contributed by atoms with E-state index in [1.165, 1.54) is 12.8 Å². The van der Waals surface area contributed by atoms with Crippen LogP contribution in [-0.2, 0) is 4.74 Å². The fourth-order valence-electron chi connectivity index (χ4n) is 1.28. The zero-order valence-electron chi connectivity index (χ0n) is 9.13. The van der Waals surface area contributed by atoms with Gasteiger partial charge in [0.15, 0.2) is 0 Å². The molecule has 0 saturated carbocycles. The van der Waals surface area contributed by atoms with E-state index in [0.717, 1.165) is 6.73 Å². The van der Waals surface area contributed by atoms with Crippen LogP contribution in [0.1, 0.15) is 40.5 Å². The van der Waals surface area contributed by atoms with E-state index in [2.05, 4.69) is 39.6 Å². The Morgan fingerprint density at radius 1 is 1.17 bits per heavy atom. The lowest BCUT2D eigenvalue weighted by atomic mass is 10.1. The van der Waals surface area contributed by atoms with Gasteiger partial charge in [0.05, 0.1) is 12.8 Å². The molecule has 0 N–H and O–H groups in total. The Balaban J connectivity index is 3.61. The summed E-state index contributed by atoms with van der Waals surface area (Å²) in [6.07, 6.45) is 2.74. The van der Waals surface area contributed by atoms with Crippen LogP contribution >= 0.6 is 0 Å². The molecule has 0 fully saturated rings. The molecule has 0 rings (SSSR count). The topological polar surface area (TPSA) is 12.5 Å². The standard InChI is InChI=1S/C10H23NO/c1-6-10(7-2)11(5)8-12-9(3)4/h9-10H,6-8H2,1-5H3. The molecule has 0 aromatic heterocycles. The third-order valence-corrected chi connectivity index (χ3v) is 2.18. The Kier molecular flexibility index (Phi) is 6.39. The number of nitrogens with zero attached hydrogens (tertiary/aromatic N) is 1. The highest BCUT2D eigenvalue weighted by Crippen LogP contribution is 2.06. The molecule has 0 aromatic rings. The third kappa shape index (κ3) is 4.73. The summed E-state index contributed by atoms with van der Waals surface area (Å²) >= 11 is 0. The van der Waals surface area contributed by atoms with Gasteiger partial charge in [-0.25, -0.2) is 0 Å². The SMILES string of the molecule is CCC(CC)N(C)COC(C)C. The van der Waals surface area contributed by atoms with E-state index in [9.17, 15) is 0 Å². The van der Waals surface area contributed by atoms with Crippen molar-refractivity contribution in [1.29, 1.82) is 0 Å². The molecule has 0 bridgehead atoms. The molecular formula is C10H23NO. The summed E-state index contributed by atoms with van der Waals surface area (Å²) in [6.45, 7) is 9.34. The Bertz CT molecular complexity index is 100. The van der Waals surface area contributed by atoms with Crippen molar-refractivity contribution in [2.45, 2.75) is 52.7 Å². The Hall–Kier alpha value is -0.0800. The van der Waals surface area contributed by atoms with Crippen molar-refractivity contribution in [1.82, 2.24) is 4.90 Å². The predicted molar refractivity (Wildman–Crippen MR) is 53.2 cm³/mol. The molecule has 2 heteroatoms. The van der Waals surface area contributed by atoms with Crippen LogP contribution in [0, 0.1) is 0 Å². The van der Waals surface area contributed by atoms with E-state index >= 15 is 0 Å². The van der Waals surface area contributed by atoms with Gasteiger partial charge in [0.1, 0.15) is 0 Å². The van der Waals surface area contributed by atoms with Gasteiger partial charge in [-0.1, -0.05) is 13.8 Å². The minimum absolute atomic E-state index is 0.335. The summed E-state index contributed by atoms with van der Waals surface area (Å²) in [4.78, 5) is 2.28. The molecule has 0 aliphatic heterocycles. The molecule has 2 nitrogen and oxygen atoms in total. The van der Waals surface area contributed by atoms with E-state index in [1.54, 1.807) is 0 Å². The molecule has 0 atom stereocenters. The zero-order chi connectivity index (χ0) is 9.56. The summed E-state index contributed by atoms with van der Waals surface area (Å²) in [7, 11) is 2.13. The van der Waals surface area contributed by atoms with Crippen molar-refractivity contribution in [3.05, 3.63) is 0 Å². The van der Waals surface area contributed by atoms with Gasteiger partial charge >= 0.3 is 0 Å². The van der Waals surface area contributed by atoms with Crippen LogP contribution in [-0.4, -0.2) is 30.8 Å². The molecule has 0 aliphatic rings. The molecule has 0 amide bonds. The molecule has 0 aliphatic carbocycles. The second kappa shape index (κ2) is 6.44. The summed E-state index contributed by atoms with van der Waals surface area (Å²) in [5.41, 5.74) is 0. The number of hydrogen-bond donors (Lipinski definition) is 0. The minimum atomic E-state index is 0.335. The average molecular weight is 173 g/mol. The van der Waals surface area contributed by atoms with Crippen molar-refractivity contribution >= 4 is 0 Å². The van der Waals surface area contributed by atoms with Gasteiger partial charge in [-0.3, -0.25) is 4.90 Å². The second-order valence-corrected chi connectivity index (χ2v) is 3.57. The van der Waals surface area contributed by atoms with E-state index in [0.29, 0.717) is 12.1 Å². The van der Waals surface area contributed by atoms with E-state index < -0.39 is 0 Å². The average Bonchev–Trinajstić information content (AvgIpc) is 2.03. The third-order valence-electron chi connectivity index (χ3n) is 2.18. The molecule has 0 radical (unpaired) electrons. The lowest BCUT2D eigenvalue weighted by Crippen LogP contribution is -2.33. The summed E-state index contributed by atoms with van der Waals surface area (Å²) in [5.74, 6) is 0. The van der Waals surface area contributed by atoms with E-state index in [4.69, 9.17) is 4.74 Å². The van der Waals surface area contributed by atoms with Crippen molar-refractivity contribution in [3.63, 3.8) is 0 Å². The van der Waals surface area contributed by atoms with Crippen molar-refractivity contribution in [2.24, 2.45) is 0 Å². The number of ether oxygens (including phenoxy) is 1. The highest BCUT2D eigenvalue weighted by molar-refractivity contribution is 4.61. The smallest absolute Gasteiger partial charge is 0.0993 e. The number of rotatable bonds is 6. The fraction of sp³-hybridized carbons (Fsp3) is 1.00. The van der Waals surface area contributed by atoms with E-state index in [-0.39, 0.29) is 0 Å². The lowest BCUT2D eigenvalue weighted by Gasteiger charge is -2.26. The highest BCUT2D eigenvalue weighted by Gasteiger charge is 2.09. The van der Waals surface area contributed by atoms with E-state index in [1.807, 2.05) is 0 Å². The van der Waals surface area contributed by atoms with Crippen LogP contribution in [0.15, 0.2) is 0 Å². The molecular weight excluding hydrogens is 150 g/mol. The molecule has 0 heterocycles. The maximum atomic E-state index is 5.51. The van der Waals surface area contributed by atoms with Crippen LogP contribution in [0.3, 0.4) is 0 Å². The van der Waals surface area contributed by atoms with Gasteiger partial charge < -0.3 is 4.74 Å². The van der Waals surface area contributed by atoms with Crippen molar-refractivity contribution in [3.8, 4) is 0 Å². The normalized spacial score (nSPS) is 12.0. The summed E-state index contributed by atoms with van der Waals surface area (Å²) < 4.78 is 5.51. The quantitative estimate of drug-likeness (QED) is 0.572. The first-order chi connectivity index (χ1) is 5.61. The van der Waals surface area contributed by atoms with Crippen molar-refractivity contribution in [2.75, 3.05) is 13.8 Å². The maximum Gasteiger partial charge on any atom is 0.0993 e. The molecule has 12 heavy (non-hydrogen) atoms. The second-order valence-electron chi connectivity index (χ2n) is 3.57. The van der Waals surface area contributed by atoms with Crippen LogP contribution < -0.4 is 0 Å². The summed E-state index contributed by atoms with van der Waals surface area (Å²) in [5, 5.41) is 0. The van der Waals surface area contributed by atoms with Crippen LogP contribution in [0.5, 0.6) is 0 Å². The molecule has 0 unspecified atom stereocenters. The monoisotopic (exact) mass is 173 g/mol. The van der Waals surface area contributed by atoms with Gasteiger partial charge in [-0.05, 0) is 33.7 Å². The van der Waals surface area contributed by atoms with Gasteiger partial charge in [-0.2, -0.15) is 0 Å². The first-order valence-electron chi connectivity index (χ1n) is 4.93. The van der Waals surface area contributed by atoms with Crippen LogP contribution in [0.4, 0.5) is 0 Å². The molecule has 74 valence electrons. The maximum absolute atomic E-state index is 5.51. The summed E-state index contributed by atoms with van der Waals surface area (Å²) in [6, 6.07) is 0.670. The first kappa shape index (κ1) is 11.9. The minimum Gasteiger partial charge on any atom is -0.363 e. The first-order valence-corrected chi connectivity index (χ1v) is 4.93. The predicted octanol–water partition coefficient (Wildman–Crippen LogP) is 2.49. The molecule has 0 spiro atoms. The van der Waals surface area contributed by atoms with Crippen LogP contribution in [0.2, 0.25) is 0 Å². The highest BCUT2D eigenvalue weighted by atomic mass is 16.5. The molecule has 0 saturated heterocycles. The molecule has 0 aromatic carbocycles. The number of hydrogen-bond acceptors (Lipinski definition) is 2. The van der Waals surface area contributed by atoms with Crippen molar-refractivity contribution < 1.29 is 4.74 Å². The van der Waals surface area contributed by atoms with Gasteiger partial charge in [0.25, 0.3) is 0 Å². The Labute approximate surface area is 76.9 Å². The van der Waals surface area contributed by atoms with Gasteiger partial charge in [-0.15, -0.1) is 0 Å². The fourth-order valence-corrected chi connectivity index (χ4v) is 1.28.